The molecule has 2 rings (SSSR count). The summed E-state index contributed by atoms with van der Waals surface area (Å²) >= 11 is 0. The summed E-state index contributed by atoms with van der Waals surface area (Å²) in [6, 6.07) is 4.55. The molecule has 0 spiro atoms. The van der Waals surface area contributed by atoms with Crippen LogP contribution in [0.5, 0.6) is 0 Å². The summed E-state index contributed by atoms with van der Waals surface area (Å²) in [5.74, 6) is -1.07. The van der Waals surface area contributed by atoms with E-state index in [1.165, 1.54) is 56.7 Å². The molecule has 1 fully saturated rings. The van der Waals surface area contributed by atoms with Gasteiger partial charge in [0.15, 0.2) is 0 Å². The molecule has 2 heteroatoms. The van der Waals surface area contributed by atoms with Gasteiger partial charge < -0.3 is 0 Å². The van der Waals surface area contributed by atoms with Gasteiger partial charge in [-0.2, -0.15) is 0 Å². The van der Waals surface area contributed by atoms with Crippen LogP contribution in [0.25, 0.3) is 0 Å². The van der Waals surface area contributed by atoms with E-state index in [2.05, 4.69) is 0 Å². The Morgan fingerprint density at radius 1 is 0.714 bits per heavy atom. The van der Waals surface area contributed by atoms with Crippen LogP contribution in [0.3, 0.4) is 0 Å². The molecule has 1 saturated carbocycles. The van der Waals surface area contributed by atoms with Gasteiger partial charge in [0.2, 0.25) is 0 Å². The fourth-order valence-corrected chi connectivity index (χ4v) is 1.52. The lowest BCUT2D eigenvalue weighted by Crippen LogP contribution is -1.85. The molecule has 1 aromatic carbocycles. The van der Waals surface area contributed by atoms with E-state index in [1.807, 2.05) is 0 Å². The Kier molecular flexibility index (Phi) is 5.20. The molecule has 1 aliphatic carbocycles. The number of hydrogen-bond acceptors (Lipinski definition) is 0. The van der Waals surface area contributed by atoms with E-state index in [-0.39, 0.29) is 0 Å². The standard InChI is InChI=1S/C6H4F2.C6H12/c7-5-2-1-3-6(8)4-5;1-2-4-6-5-3-1/h1-4H;1-6H2. The van der Waals surface area contributed by atoms with Crippen molar-refractivity contribution in [2.45, 2.75) is 38.5 Å². The number of hydrogen-bond donors (Lipinski definition) is 0. The Labute approximate surface area is 84.0 Å². The molecule has 0 saturated heterocycles. The molecule has 0 heterocycles. The predicted octanol–water partition coefficient (Wildman–Crippen LogP) is 4.31. The zero-order valence-corrected chi connectivity index (χ0v) is 8.31. The summed E-state index contributed by atoms with van der Waals surface area (Å²) in [5, 5.41) is 0. The lowest BCUT2D eigenvalue weighted by Gasteiger charge is -2.05. The Morgan fingerprint density at radius 3 is 1.29 bits per heavy atom. The van der Waals surface area contributed by atoms with Crippen molar-refractivity contribution in [3.63, 3.8) is 0 Å². The Morgan fingerprint density at radius 2 is 1.07 bits per heavy atom. The summed E-state index contributed by atoms with van der Waals surface area (Å²) in [5.41, 5.74) is 0. The van der Waals surface area contributed by atoms with Gasteiger partial charge in [-0.05, 0) is 12.1 Å². The van der Waals surface area contributed by atoms with Gasteiger partial charge in [-0.25, -0.2) is 8.78 Å². The van der Waals surface area contributed by atoms with Crippen LogP contribution in [0.4, 0.5) is 8.78 Å². The van der Waals surface area contributed by atoms with Crippen molar-refractivity contribution in [2.75, 3.05) is 0 Å². The summed E-state index contributed by atoms with van der Waals surface area (Å²) in [6.45, 7) is 0. The van der Waals surface area contributed by atoms with E-state index in [9.17, 15) is 8.78 Å². The Bertz CT molecular complexity index is 225. The van der Waals surface area contributed by atoms with E-state index < -0.39 is 11.6 Å². The molecule has 0 aromatic heterocycles. The highest BCUT2D eigenvalue weighted by molar-refractivity contribution is 5.04. The highest BCUT2D eigenvalue weighted by Gasteiger charge is 1.95. The van der Waals surface area contributed by atoms with Gasteiger partial charge in [0.1, 0.15) is 11.6 Å². The van der Waals surface area contributed by atoms with Crippen LogP contribution in [0.1, 0.15) is 38.5 Å². The maximum Gasteiger partial charge on any atom is 0.126 e. The molecule has 0 bridgehead atoms. The summed E-state index contributed by atoms with van der Waals surface area (Å²) < 4.78 is 23.9. The number of rotatable bonds is 0. The van der Waals surface area contributed by atoms with Gasteiger partial charge in [-0.3, -0.25) is 0 Å². The lowest BCUT2D eigenvalue weighted by atomic mass is 10.0. The average molecular weight is 198 g/mol. The van der Waals surface area contributed by atoms with Crippen molar-refractivity contribution in [3.8, 4) is 0 Å². The molecule has 0 unspecified atom stereocenters. The zero-order valence-electron chi connectivity index (χ0n) is 8.31. The van der Waals surface area contributed by atoms with Crippen LogP contribution in [0, 0.1) is 11.6 Å². The fraction of sp³-hybridized carbons (Fsp3) is 0.500. The average Bonchev–Trinajstić information content (AvgIpc) is 2.21. The van der Waals surface area contributed by atoms with Crippen LogP contribution >= 0.6 is 0 Å². The molecule has 78 valence electrons. The minimum Gasteiger partial charge on any atom is -0.207 e. The van der Waals surface area contributed by atoms with Crippen LogP contribution in [0.15, 0.2) is 24.3 Å². The topological polar surface area (TPSA) is 0 Å². The first-order valence-electron chi connectivity index (χ1n) is 5.20. The molecule has 0 aliphatic heterocycles. The van der Waals surface area contributed by atoms with Gasteiger partial charge in [0.05, 0.1) is 0 Å². The zero-order chi connectivity index (χ0) is 10.2. The molecule has 0 radical (unpaired) electrons. The lowest BCUT2D eigenvalue weighted by molar-refractivity contribution is 0.504. The van der Waals surface area contributed by atoms with Gasteiger partial charge in [0.25, 0.3) is 0 Å². The molecule has 0 amide bonds. The van der Waals surface area contributed by atoms with E-state index in [4.69, 9.17) is 0 Å². The Balaban J connectivity index is 0.000000146. The molecule has 14 heavy (non-hydrogen) atoms. The molecule has 1 aliphatic rings. The second kappa shape index (κ2) is 6.52. The van der Waals surface area contributed by atoms with Crippen molar-refractivity contribution in [3.05, 3.63) is 35.9 Å². The van der Waals surface area contributed by atoms with Crippen LogP contribution in [0.2, 0.25) is 0 Å². The van der Waals surface area contributed by atoms with E-state index >= 15 is 0 Å². The van der Waals surface area contributed by atoms with E-state index in [0.29, 0.717) is 0 Å². The van der Waals surface area contributed by atoms with Gasteiger partial charge in [0, 0.05) is 6.07 Å². The maximum absolute atomic E-state index is 11.9. The third kappa shape index (κ3) is 4.95. The second-order valence-electron chi connectivity index (χ2n) is 3.56. The Hall–Kier alpha value is -0.920. The van der Waals surface area contributed by atoms with Gasteiger partial charge in [-0.1, -0.05) is 44.6 Å². The molecule has 0 N–H and O–H groups in total. The van der Waals surface area contributed by atoms with Gasteiger partial charge in [-0.15, -0.1) is 0 Å². The minimum atomic E-state index is -0.537. The SMILES string of the molecule is C1CCCCC1.Fc1cccc(F)c1. The van der Waals surface area contributed by atoms with Crippen LogP contribution < -0.4 is 0 Å². The number of halogens is 2. The third-order valence-electron chi connectivity index (χ3n) is 2.29. The van der Waals surface area contributed by atoms with Crippen LogP contribution in [-0.4, -0.2) is 0 Å². The van der Waals surface area contributed by atoms with Crippen molar-refractivity contribution in [1.29, 1.82) is 0 Å². The molecular formula is C12H16F2. The normalized spacial score (nSPS) is 15.6. The monoisotopic (exact) mass is 198 g/mol. The predicted molar refractivity (Wildman–Crippen MR) is 54.1 cm³/mol. The first-order chi connectivity index (χ1) is 6.79. The van der Waals surface area contributed by atoms with Crippen molar-refractivity contribution in [2.24, 2.45) is 0 Å². The minimum absolute atomic E-state index is 0.537. The van der Waals surface area contributed by atoms with E-state index in [1.54, 1.807) is 0 Å². The smallest absolute Gasteiger partial charge is 0.126 e. The summed E-state index contributed by atoms with van der Waals surface area (Å²) in [6.07, 6.45) is 9.00. The van der Waals surface area contributed by atoms with Crippen LogP contribution in [-0.2, 0) is 0 Å². The fourth-order valence-electron chi connectivity index (χ4n) is 1.52. The van der Waals surface area contributed by atoms with Crippen molar-refractivity contribution in [1.82, 2.24) is 0 Å². The highest BCUT2D eigenvalue weighted by atomic mass is 19.1. The first-order valence-corrected chi connectivity index (χ1v) is 5.20. The summed E-state index contributed by atoms with van der Waals surface area (Å²) in [4.78, 5) is 0. The molecular weight excluding hydrogens is 182 g/mol. The number of benzene rings is 1. The molecule has 0 atom stereocenters. The molecule has 0 nitrogen and oxygen atoms in total. The molecule has 1 aromatic rings. The summed E-state index contributed by atoms with van der Waals surface area (Å²) in [7, 11) is 0. The second-order valence-corrected chi connectivity index (χ2v) is 3.56. The highest BCUT2D eigenvalue weighted by Crippen LogP contribution is 2.15. The quantitative estimate of drug-likeness (QED) is 0.583. The first kappa shape index (κ1) is 11.2. The van der Waals surface area contributed by atoms with E-state index in [0.717, 1.165) is 6.07 Å². The third-order valence-corrected chi connectivity index (χ3v) is 2.29. The van der Waals surface area contributed by atoms with Crippen molar-refractivity contribution >= 4 is 0 Å². The van der Waals surface area contributed by atoms with Gasteiger partial charge >= 0.3 is 0 Å². The maximum atomic E-state index is 11.9. The largest absolute Gasteiger partial charge is 0.207 e. The van der Waals surface area contributed by atoms with Crippen molar-refractivity contribution < 1.29 is 8.78 Å².